The van der Waals surface area contributed by atoms with Crippen molar-refractivity contribution in [2.75, 3.05) is 24.3 Å². The van der Waals surface area contributed by atoms with Crippen LogP contribution in [0.25, 0.3) is 0 Å². The second kappa shape index (κ2) is 6.50. The van der Waals surface area contributed by atoms with Crippen molar-refractivity contribution in [1.29, 1.82) is 0 Å². The molecule has 0 aliphatic rings. The van der Waals surface area contributed by atoms with Crippen LogP contribution in [0.15, 0.2) is 29.2 Å². The van der Waals surface area contributed by atoms with Crippen molar-refractivity contribution < 1.29 is 13.2 Å². The highest BCUT2D eigenvalue weighted by Gasteiger charge is 2.13. The Bertz CT molecular complexity index is 517. The van der Waals surface area contributed by atoms with Crippen LogP contribution in [-0.2, 0) is 10.0 Å². The number of carbonyl (C=O) groups is 1. The van der Waals surface area contributed by atoms with E-state index in [1.807, 2.05) is 10.8 Å². The summed E-state index contributed by atoms with van der Waals surface area (Å²) in [5.74, 6) is 0.204. The van der Waals surface area contributed by atoms with Crippen LogP contribution in [0.1, 0.15) is 0 Å². The fraction of sp³-hybridized carbons (Fsp3) is 0.300. The van der Waals surface area contributed by atoms with Crippen LogP contribution in [-0.4, -0.2) is 33.0 Å². The van der Waals surface area contributed by atoms with Crippen molar-refractivity contribution >= 4 is 33.5 Å². The van der Waals surface area contributed by atoms with Gasteiger partial charge in [0.15, 0.2) is 0 Å². The van der Waals surface area contributed by atoms with Crippen LogP contribution < -0.4 is 15.8 Å². The molecule has 1 aromatic carbocycles. The van der Waals surface area contributed by atoms with Gasteiger partial charge in [-0.25, -0.2) is 17.9 Å². The fourth-order valence-electron chi connectivity index (χ4n) is 1.12. The Kier molecular flexibility index (Phi) is 5.29. The third-order valence-electron chi connectivity index (χ3n) is 1.95. The Hall–Kier alpha value is -1.41. The zero-order chi connectivity index (χ0) is 13.6. The molecule has 8 heteroatoms. The Morgan fingerprint density at radius 1 is 1.44 bits per heavy atom. The van der Waals surface area contributed by atoms with Crippen molar-refractivity contribution in [2.24, 2.45) is 0 Å². The number of nitrogens with two attached hydrogens (primary N) is 1. The molecule has 4 N–H and O–H groups in total. The van der Waals surface area contributed by atoms with Gasteiger partial charge in [-0.2, -0.15) is 0 Å². The summed E-state index contributed by atoms with van der Waals surface area (Å²) in [7, 11) is -2.23. The molecule has 0 aliphatic carbocycles. The number of urea groups is 1. The van der Waals surface area contributed by atoms with Gasteiger partial charge in [0.25, 0.3) is 0 Å². The maximum atomic E-state index is 11.4. The number of carbonyl (C=O) groups excluding carboxylic acids is 1. The molecule has 100 valence electrons. The number of amides is 2. The number of thioether (sulfide) groups is 1. The first-order chi connectivity index (χ1) is 8.43. The maximum absolute atomic E-state index is 11.4. The molecular weight excluding hydrogens is 274 g/mol. The molecule has 0 saturated carbocycles. The van der Waals surface area contributed by atoms with Crippen LogP contribution in [0.2, 0.25) is 0 Å². The summed E-state index contributed by atoms with van der Waals surface area (Å²) in [6.07, 6.45) is 0. The van der Waals surface area contributed by atoms with Crippen LogP contribution >= 0.6 is 11.8 Å². The SMILES string of the molecule is CNC(=O)NS(=O)(=O)CCSc1cccc(N)c1. The predicted molar refractivity (Wildman–Crippen MR) is 73.0 cm³/mol. The molecule has 6 nitrogen and oxygen atoms in total. The van der Waals surface area contributed by atoms with Gasteiger partial charge < -0.3 is 11.1 Å². The van der Waals surface area contributed by atoms with Crippen molar-refractivity contribution in [1.82, 2.24) is 10.0 Å². The van der Waals surface area contributed by atoms with E-state index in [9.17, 15) is 13.2 Å². The Morgan fingerprint density at radius 3 is 2.78 bits per heavy atom. The summed E-state index contributed by atoms with van der Waals surface area (Å²) in [6.45, 7) is 0. The van der Waals surface area contributed by atoms with E-state index in [0.29, 0.717) is 11.4 Å². The summed E-state index contributed by atoms with van der Waals surface area (Å²) in [5, 5.41) is 2.18. The third-order valence-corrected chi connectivity index (χ3v) is 4.45. The lowest BCUT2D eigenvalue weighted by Gasteiger charge is -2.06. The first kappa shape index (κ1) is 14.7. The van der Waals surface area contributed by atoms with Crippen LogP contribution in [0.3, 0.4) is 0 Å². The number of hydrogen-bond donors (Lipinski definition) is 3. The number of nitrogens with one attached hydrogen (secondary N) is 2. The van der Waals surface area contributed by atoms with Crippen molar-refractivity contribution in [3.05, 3.63) is 24.3 Å². The quantitative estimate of drug-likeness (QED) is 0.545. The molecule has 1 rings (SSSR count). The number of rotatable bonds is 5. The number of nitrogen functional groups attached to an aromatic ring is 1. The van der Waals surface area contributed by atoms with Gasteiger partial charge in [0.2, 0.25) is 10.0 Å². The first-order valence-corrected chi connectivity index (χ1v) is 7.77. The van der Waals surface area contributed by atoms with Gasteiger partial charge in [0.05, 0.1) is 5.75 Å². The first-order valence-electron chi connectivity index (χ1n) is 5.13. The smallest absolute Gasteiger partial charge is 0.328 e. The van der Waals surface area contributed by atoms with Crippen molar-refractivity contribution in [3.8, 4) is 0 Å². The number of sulfonamides is 1. The monoisotopic (exact) mass is 289 g/mol. The third kappa shape index (κ3) is 5.28. The van der Waals surface area contributed by atoms with E-state index in [1.54, 1.807) is 18.2 Å². The lowest BCUT2D eigenvalue weighted by atomic mass is 10.3. The molecule has 0 aromatic heterocycles. The van der Waals surface area contributed by atoms with Gasteiger partial charge in [0.1, 0.15) is 0 Å². The summed E-state index contributed by atoms with van der Waals surface area (Å²) >= 11 is 1.37. The average Bonchev–Trinajstić information content (AvgIpc) is 2.28. The molecule has 0 saturated heterocycles. The molecule has 0 fully saturated rings. The van der Waals surface area contributed by atoms with Crippen molar-refractivity contribution in [3.63, 3.8) is 0 Å². The molecule has 2 amide bonds. The van der Waals surface area contributed by atoms with E-state index in [1.165, 1.54) is 18.8 Å². The molecule has 0 radical (unpaired) electrons. The molecule has 0 spiro atoms. The summed E-state index contributed by atoms with van der Waals surface area (Å²) in [6, 6.07) is 6.44. The van der Waals surface area contributed by atoms with Crippen molar-refractivity contribution in [2.45, 2.75) is 4.90 Å². The second-order valence-corrected chi connectivity index (χ2v) is 6.43. The number of benzene rings is 1. The van der Waals surface area contributed by atoms with E-state index < -0.39 is 16.1 Å². The zero-order valence-electron chi connectivity index (χ0n) is 9.84. The normalized spacial score (nSPS) is 10.9. The van der Waals surface area contributed by atoms with Crippen LogP contribution in [0, 0.1) is 0 Å². The van der Waals surface area contributed by atoms with Gasteiger partial charge in [-0.1, -0.05) is 6.07 Å². The van der Waals surface area contributed by atoms with E-state index in [2.05, 4.69) is 5.32 Å². The van der Waals surface area contributed by atoms with Crippen LogP contribution in [0.4, 0.5) is 10.5 Å². The number of hydrogen-bond acceptors (Lipinski definition) is 5. The number of anilines is 1. The van der Waals surface area contributed by atoms with E-state index >= 15 is 0 Å². The summed E-state index contributed by atoms with van der Waals surface area (Å²) < 4.78 is 24.8. The highest BCUT2D eigenvalue weighted by molar-refractivity contribution is 8.00. The molecular formula is C10H15N3O3S2. The lowest BCUT2D eigenvalue weighted by Crippen LogP contribution is -2.39. The second-order valence-electron chi connectivity index (χ2n) is 3.42. The molecule has 1 aromatic rings. The molecule has 0 heterocycles. The Morgan fingerprint density at radius 2 is 2.17 bits per heavy atom. The van der Waals surface area contributed by atoms with E-state index in [4.69, 9.17) is 5.73 Å². The van der Waals surface area contributed by atoms with Gasteiger partial charge in [0, 0.05) is 23.4 Å². The standard InChI is InChI=1S/C10H15N3O3S2/c1-12-10(14)13-18(15,16)6-5-17-9-4-2-3-8(11)7-9/h2-4,7H,5-6,11H2,1H3,(H2,12,13,14). The minimum atomic E-state index is -3.59. The Labute approximate surface area is 110 Å². The summed E-state index contributed by atoms with van der Waals surface area (Å²) in [5.41, 5.74) is 6.23. The average molecular weight is 289 g/mol. The molecule has 0 bridgehead atoms. The topological polar surface area (TPSA) is 101 Å². The van der Waals surface area contributed by atoms with Gasteiger partial charge in [-0.15, -0.1) is 11.8 Å². The molecule has 18 heavy (non-hydrogen) atoms. The molecule has 0 unspecified atom stereocenters. The zero-order valence-corrected chi connectivity index (χ0v) is 11.5. The Balaban J connectivity index is 2.44. The van der Waals surface area contributed by atoms with Gasteiger partial charge in [-0.05, 0) is 18.2 Å². The highest BCUT2D eigenvalue weighted by atomic mass is 32.2. The lowest BCUT2D eigenvalue weighted by molar-refractivity contribution is 0.248. The minimum absolute atomic E-state index is 0.139. The minimum Gasteiger partial charge on any atom is -0.399 e. The molecule has 0 atom stereocenters. The molecule has 0 aliphatic heterocycles. The highest BCUT2D eigenvalue weighted by Crippen LogP contribution is 2.19. The summed E-state index contributed by atoms with van der Waals surface area (Å²) in [4.78, 5) is 11.8. The van der Waals surface area contributed by atoms with E-state index in [0.717, 1.165) is 4.90 Å². The van der Waals surface area contributed by atoms with Gasteiger partial charge >= 0.3 is 6.03 Å². The van der Waals surface area contributed by atoms with E-state index in [-0.39, 0.29) is 5.75 Å². The fourth-order valence-corrected chi connectivity index (χ4v) is 3.44. The predicted octanol–water partition coefficient (Wildman–Crippen LogP) is 0.620. The maximum Gasteiger partial charge on any atom is 0.328 e. The van der Waals surface area contributed by atoms with Gasteiger partial charge in [-0.3, -0.25) is 0 Å². The van der Waals surface area contributed by atoms with Crippen LogP contribution in [0.5, 0.6) is 0 Å². The largest absolute Gasteiger partial charge is 0.399 e.